The van der Waals surface area contributed by atoms with Crippen molar-refractivity contribution in [1.29, 1.82) is 0 Å². The van der Waals surface area contributed by atoms with Crippen LogP contribution in [0.4, 0.5) is 0 Å². The molecular formula is C42H48N8O10S. The van der Waals surface area contributed by atoms with E-state index in [4.69, 9.17) is 5.73 Å². The molecule has 7 atom stereocenters. The highest BCUT2D eigenvalue weighted by Crippen LogP contribution is 2.21. The van der Waals surface area contributed by atoms with Crippen LogP contribution in [0.1, 0.15) is 30.0 Å². The molecule has 0 spiro atoms. The molecule has 0 radical (unpaired) electrons. The Bertz CT molecular complexity index is 2370. The molecule has 12 N–H and O–H groups in total. The number of carboxylic acid groups (broad SMARTS) is 2. The summed E-state index contributed by atoms with van der Waals surface area (Å²) in [6.07, 6.45) is 0.649. The Balaban J connectivity index is 1.35. The fraction of sp³-hybridized carbons (Fsp3) is 0.310. The van der Waals surface area contributed by atoms with Crippen molar-refractivity contribution in [1.82, 2.24) is 36.6 Å². The first-order valence-electron chi connectivity index (χ1n) is 19.3. The van der Waals surface area contributed by atoms with Gasteiger partial charge in [0.1, 0.15) is 30.2 Å². The maximum absolute atomic E-state index is 14.0. The van der Waals surface area contributed by atoms with Crippen molar-refractivity contribution < 1.29 is 48.9 Å². The number of carboxylic acids is 2. The summed E-state index contributed by atoms with van der Waals surface area (Å²) in [6, 6.07) is 14.0. The van der Waals surface area contributed by atoms with E-state index in [0.29, 0.717) is 16.5 Å². The number of hydrogen-bond donors (Lipinski definition) is 12. The second-order valence-corrected chi connectivity index (χ2v) is 14.9. The number of H-pyrrole nitrogens is 2. The van der Waals surface area contributed by atoms with Gasteiger partial charge in [-0.25, -0.2) is 4.79 Å². The molecular weight excluding hydrogens is 809 g/mol. The van der Waals surface area contributed by atoms with Crippen LogP contribution >= 0.6 is 12.6 Å². The van der Waals surface area contributed by atoms with E-state index in [1.807, 2.05) is 24.3 Å². The van der Waals surface area contributed by atoms with Gasteiger partial charge in [-0.3, -0.25) is 28.8 Å². The highest BCUT2D eigenvalue weighted by atomic mass is 32.1. The summed E-state index contributed by atoms with van der Waals surface area (Å²) in [5.41, 5.74) is 9.66. The number of hydrogen-bond acceptors (Lipinski definition) is 10. The Morgan fingerprint density at radius 2 is 1.08 bits per heavy atom. The Kier molecular flexibility index (Phi) is 15.6. The molecule has 2 heterocycles. The third-order valence-corrected chi connectivity index (χ3v) is 10.3. The molecule has 5 amide bonds. The summed E-state index contributed by atoms with van der Waals surface area (Å²) in [6.45, 7) is 1.26. The van der Waals surface area contributed by atoms with Crippen molar-refractivity contribution in [3.8, 4) is 0 Å². The number of fused-ring (bicyclic) bond motifs is 2. The molecule has 61 heavy (non-hydrogen) atoms. The molecule has 0 saturated heterocycles. The van der Waals surface area contributed by atoms with Gasteiger partial charge in [0.2, 0.25) is 29.5 Å². The number of carbonyl (C=O) groups excluding carboxylic acids is 5. The number of aliphatic carboxylic acids is 2. The average molecular weight is 857 g/mol. The lowest BCUT2D eigenvalue weighted by molar-refractivity contribution is -0.143. The number of carbonyl (C=O) groups is 7. The summed E-state index contributed by atoms with van der Waals surface area (Å²) < 4.78 is 0. The molecule has 18 nitrogen and oxygen atoms in total. The van der Waals surface area contributed by atoms with Crippen LogP contribution in [0.15, 0.2) is 91.3 Å². The average Bonchev–Trinajstić information content (AvgIpc) is 3.84. The van der Waals surface area contributed by atoms with E-state index in [0.717, 1.165) is 22.0 Å². The molecule has 0 bridgehead atoms. The van der Waals surface area contributed by atoms with Crippen LogP contribution in [-0.2, 0) is 52.8 Å². The first kappa shape index (κ1) is 45.4. The minimum absolute atomic E-state index is 0.0929. The Morgan fingerprint density at radius 3 is 1.62 bits per heavy atom. The lowest BCUT2D eigenvalue weighted by Gasteiger charge is -2.27. The van der Waals surface area contributed by atoms with E-state index in [2.05, 4.69) is 49.2 Å². The van der Waals surface area contributed by atoms with Gasteiger partial charge in [-0.15, -0.1) is 0 Å². The fourth-order valence-corrected chi connectivity index (χ4v) is 6.98. The monoisotopic (exact) mass is 856 g/mol. The van der Waals surface area contributed by atoms with Crippen molar-refractivity contribution in [3.05, 3.63) is 108 Å². The minimum atomic E-state index is -1.81. The van der Waals surface area contributed by atoms with Gasteiger partial charge in [0.15, 0.2) is 0 Å². The molecule has 0 aliphatic carbocycles. The highest BCUT2D eigenvalue weighted by Gasteiger charge is 2.35. The topological polar surface area (TPSA) is 298 Å². The predicted molar refractivity (Wildman–Crippen MR) is 227 cm³/mol. The smallest absolute Gasteiger partial charge is 0.327 e. The van der Waals surface area contributed by atoms with Gasteiger partial charge >= 0.3 is 11.9 Å². The van der Waals surface area contributed by atoms with E-state index < -0.39 is 90.3 Å². The number of para-hydroxylation sites is 2. The minimum Gasteiger partial charge on any atom is -0.481 e. The van der Waals surface area contributed by atoms with E-state index in [1.165, 1.54) is 6.92 Å². The molecule has 0 aliphatic heterocycles. The Hall–Kier alpha value is -6.70. The molecule has 3 aromatic carbocycles. The second kappa shape index (κ2) is 21.0. The first-order valence-corrected chi connectivity index (χ1v) is 19.9. The van der Waals surface area contributed by atoms with Crippen LogP contribution < -0.4 is 32.3 Å². The Morgan fingerprint density at radius 1 is 0.607 bits per heavy atom. The van der Waals surface area contributed by atoms with E-state index in [-0.39, 0.29) is 25.0 Å². The molecule has 322 valence electrons. The highest BCUT2D eigenvalue weighted by molar-refractivity contribution is 7.80. The zero-order chi connectivity index (χ0) is 44.2. The SMILES string of the molecule is C[C@@H](O)[C@H](NC(=O)[C@@H](N)Cc1c[nH]c2ccccc12)C(=O)N[C@@H](Cc1ccccc1)C(=O)N[C@@H](CC(=O)O)C(=O)N[C@@H](Cc1c[nH]c2ccccc12)C(=O)N[C@@H](CS)C(=O)O. The van der Waals surface area contributed by atoms with Crippen LogP contribution in [0, 0.1) is 0 Å². The van der Waals surface area contributed by atoms with Gasteiger partial charge < -0.3 is 57.6 Å². The van der Waals surface area contributed by atoms with Crippen LogP contribution in [0.3, 0.4) is 0 Å². The molecule has 0 unspecified atom stereocenters. The lowest BCUT2D eigenvalue weighted by atomic mass is 10.0. The lowest BCUT2D eigenvalue weighted by Crippen LogP contribution is -2.61. The normalized spacial score (nSPS) is 14.7. The summed E-state index contributed by atoms with van der Waals surface area (Å²) in [4.78, 5) is 98.5. The number of nitrogens with two attached hydrogens (primary N) is 1. The number of aromatic amines is 2. The van der Waals surface area contributed by atoms with Gasteiger partial charge in [0.25, 0.3) is 0 Å². The maximum Gasteiger partial charge on any atom is 0.327 e. The number of benzene rings is 3. The van der Waals surface area contributed by atoms with Gasteiger partial charge in [-0.05, 0) is 42.2 Å². The third kappa shape index (κ3) is 12.2. The van der Waals surface area contributed by atoms with Gasteiger partial charge in [-0.1, -0.05) is 66.7 Å². The zero-order valence-corrected chi connectivity index (χ0v) is 33.9. The predicted octanol–water partition coefficient (Wildman–Crippen LogP) is 0.298. The van der Waals surface area contributed by atoms with Crippen LogP contribution in [0.2, 0.25) is 0 Å². The maximum atomic E-state index is 14.0. The van der Waals surface area contributed by atoms with Crippen molar-refractivity contribution in [2.24, 2.45) is 5.73 Å². The fourth-order valence-electron chi connectivity index (χ4n) is 6.73. The van der Waals surface area contributed by atoms with E-state index in [1.54, 1.807) is 67.0 Å². The van der Waals surface area contributed by atoms with E-state index >= 15 is 0 Å². The zero-order valence-electron chi connectivity index (χ0n) is 33.0. The molecule has 5 rings (SSSR count). The standard InChI is InChI=1S/C42H48N8O10S/c1-22(51)36(50-37(54)28(43)16-24-19-44-29-13-7-5-11-26(24)29)41(58)48-31(15-23-9-3-2-4-10-23)38(55)47-33(18-35(52)53)40(57)46-32(39(56)49-34(21-61)42(59)60)17-25-20-45-30-14-8-6-12-27(25)30/h2-14,19-20,22,28,31-34,36,44-45,51,61H,15-18,21,43H2,1H3,(H,46,57)(H,47,55)(H,48,58)(H,49,56)(H,50,54)(H,52,53)(H,59,60)/t22-,28+,31+,32+,33+,34+,36+/m1/s1. The van der Waals surface area contributed by atoms with Gasteiger partial charge in [-0.2, -0.15) is 12.6 Å². The van der Waals surface area contributed by atoms with Crippen LogP contribution in [0.25, 0.3) is 21.8 Å². The first-order chi connectivity index (χ1) is 29.1. The van der Waals surface area contributed by atoms with E-state index in [9.17, 15) is 48.9 Å². The third-order valence-electron chi connectivity index (χ3n) is 9.97. The van der Waals surface area contributed by atoms with Crippen LogP contribution in [-0.4, -0.2) is 115 Å². The van der Waals surface area contributed by atoms with Crippen molar-refractivity contribution >= 4 is 75.9 Å². The number of amides is 5. The number of aliphatic hydroxyl groups excluding tert-OH is 1. The largest absolute Gasteiger partial charge is 0.481 e. The number of thiol groups is 1. The Labute approximate surface area is 354 Å². The molecule has 0 saturated carbocycles. The van der Waals surface area contributed by atoms with Crippen molar-refractivity contribution in [2.45, 2.75) is 75.0 Å². The summed E-state index contributed by atoms with van der Waals surface area (Å²) >= 11 is 3.99. The van der Waals surface area contributed by atoms with Crippen LogP contribution in [0.5, 0.6) is 0 Å². The van der Waals surface area contributed by atoms with Gasteiger partial charge in [0, 0.05) is 52.8 Å². The summed E-state index contributed by atoms with van der Waals surface area (Å²) in [5.74, 6) is -7.92. The number of aliphatic hydroxyl groups is 1. The number of aromatic nitrogens is 2. The summed E-state index contributed by atoms with van der Waals surface area (Å²) in [5, 5.41) is 43.7. The summed E-state index contributed by atoms with van der Waals surface area (Å²) in [7, 11) is 0. The second-order valence-electron chi connectivity index (χ2n) is 14.5. The molecule has 0 fully saturated rings. The van der Waals surface area contributed by atoms with Crippen molar-refractivity contribution in [2.75, 3.05) is 5.75 Å². The van der Waals surface area contributed by atoms with Crippen molar-refractivity contribution in [3.63, 3.8) is 0 Å². The molecule has 19 heteroatoms. The quantitative estimate of drug-likeness (QED) is 0.0446. The molecule has 0 aliphatic rings. The molecule has 2 aromatic heterocycles. The number of rotatable bonds is 21. The molecule has 5 aromatic rings. The van der Waals surface area contributed by atoms with Gasteiger partial charge in [0.05, 0.1) is 18.6 Å². The number of nitrogens with one attached hydrogen (secondary N) is 7.